The molecule has 1 aromatic carbocycles. The third-order valence-electron chi connectivity index (χ3n) is 7.37. The maximum absolute atomic E-state index is 13.4. The van der Waals surface area contributed by atoms with Gasteiger partial charge in [0.2, 0.25) is 11.8 Å². The molecule has 0 unspecified atom stereocenters. The summed E-state index contributed by atoms with van der Waals surface area (Å²) in [6.07, 6.45) is 6.27. The minimum Gasteiger partial charge on any atom is -0.437 e. The number of carbonyl (C=O) groups excluding carboxylic acids is 2. The maximum atomic E-state index is 13.4. The van der Waals surface area contributed by atoms with Crippen LogP contribution in [0.1, 0.15) is 40.9 Å². The van der Waals surface area contributed by atoms with Crippen molar-refractivity contribution in [2.75, 3.05) is 20.1 Å². The molecule has 0 radical (unpaired) electrons. The van der Waals surface area contributed by atoms with Gasteiger partial charge < -0.3 is 14.5 Å². The summed E-state index contributed by atoms with van der Waals surface area (Å²) in [5.74, 6) is 0.887. The number of likely N-dealkylation sites (N-methyl/N-ethyl adjacent to an activating group) is 1. The molecule has 1 atom stereocenters. The van der Waals surface area contributed by atoms with E-state index in [-0.39, 0.29) is 29.2 Å². The number of nitrogens with zero attached hydrogens (tertiary/aromatic N) is 4. The van der Waals surface area contributed by atoms with Crippen LogP contribution >= 0.6 is 0 Å². The number of benzene rings is 1. The normalized spacial score (nSPS) is 19.3. The molecule has 2 amide bonds. The molecule has 0 aliphatic carbocycles. The summed E-state index contributed by atoms with van der Waals surface area (Å²) in [4.78, 5) is 39.0. The molecule has 2 saturated heterocycles. The van der Waals surface area contributed by atoms with Crippen molar-refractivity contribution in [2.24, 2.45) is 5.41 Å². The Morgan fingerprint density at radius 2 is 1.83 bits per heavy atom. The average molecular weight is 471 g/mol. The van der Waals surface area contributed by atoms with Crippen LogP contribution in [0.3, 0.4) is 0 Å². The largest absolute Gasteiger partial charge is 0.437 e. The van der Waals surface area contributed by atoms with E-state index >= 15 is 0 Å². The highest BCUT2D eigenvalue weighted by molar-refractivity contribution is 5.96. The Labute approximate surface area is 205 Å². The first-order valence-electron chi connectivity index (χ1n) is 12.1. The van der Waals surface area contributed by atoms with E-state index in [1.165, 1.54) is 5.56 Å². The number of pyridine rings is 2. The maximum Gasteiger partial charge on any atom is 0.259 e. The summed E-state index contributed by atoms with van der Waals surface area (Å²) in [5, 5.41) is 0. The molecule has 2 aromatic heterocycles. The lowest BCUT2D eigenvalue weighted by atomic mass is 9.75. The molecule has 7 nitrogen and oxygen atoms in total. The first kappa shape index (κ1) is 23.0. The third-order valence-corrected chi connectivity index (χ3v) is 7.37. The molecule has 35 heavy (non-hydrogen) atoms. The number of likely N-dealkylation sites (tertiary alicyclic amines) is 2. The van der Waals surface area contributed by atoms with E-state index in [0.717, 1.165) is 18.5 Å². The van der Waals surface area contributed by atoms with Crippen LogP contribution in [0.4, 0.5) is 0 Å². The van der Waals surface area contributed by atoms with E-state index in [2.05, 4.69) is 22.1 Å². The number of aromatic nitrogens is 2. The van der Waals surface area contributed by atoms with Crippen LogP contribution in [-0.2, 0) is 11.2 Å². The van der Waals surface area contributed by atoms with Crippen LogP contribution in [0.2, 0.25) is 0 Å². The number of hydrogen-bond donors (Lipinski definition) is 0. The fourth-order valence-corrected chi connectivity index (χ4v) is 5.30. The van der Waals surface area contributed by atoms with E-state index in [1.807, 2.05) is 54.1 Å². The minimum absolute atomic E-state index is 0.123. The van der Waals surface area contributed by atoms with Crippen molar-refractivity contribution in [3.63, 3.8) is 0 Å². The van der Waals surface area contributed by atoms with Crippen molar-refractivity contribution < 1.29 is 14.3 Å². The number of piperidine rings is 1. The highest BCUT2D eigenvalue weighted by Gasteiger charge is 2.51. The number of carbonyl (C=O) groups is 2. The fraction of sp³-hybridized carbons (Fsp3) is 0.357. The van der Waals surface area contributed by atoms with Gasteiger partial charge in [-0.15, -0.1) is 0 Å². The topological polar surface area (TPSA) is 75.6 Å². The van der Waals surface area contributed by atoms with Crippen LogP contribution in [-0.4, -0.2) is 57.8 Å². The number of hydrogen-bond acceptors (Lipinski definition) is 5. The Bertz CT molecular complexity index is 1200. The number of rotatable bonds is 5. The fourth-order valence-electron chi connectivity index (χ4n) is 5.30. The average Bonchev–Trinajstić information content (AvgIpc) is 3.11. The Morgan fingerprint density at radius 3 is 2.54 bits per heavy atom. The Morgan fingerprint density at radius 1 is 1.06 bits per heavy atom. The highest BCUT2D eigenvalue weighted by atomic mass is 16.5. The van der Waals surface area contributed by atoms with Crippen LogP contribution in [0.5, 0.6) is 11.6 Å². The summed E-state index contributed by atoms with van der Waals surface area (Å²) in [6.45, 7) is 2.98. The van der Waals surface area contributed by atoms with E-state index in [9.17, 15) is 9.59 Å². The van der Waals surface area contributed by atoms with Crippen molar-refractivity contribution in [3.8, 4) is 11.6 Å². The molecule has 3 aromatic rings. The van der Waals surface area contributed by atoms with Gasteiger partial charge in [0.25, 0.3) is 5.91 Å². The number of amides is 2. The molecular weight excluding hydrogens is 440 g/mol. The zero-order valence-electron chi connectivity index (χ0n) is 20.2. The Balaban J connectivity index is 1.26. The molecule has 1 spiro atoms. The van der Waals surface area contributed by atoms with Gasteiger partial charge in [0.05, 0.1) is 11.6 Å². The molecule has 2 aliphatic heterocycles. The van der Waals surface area contributed by atoms with Gasteiger partial charge in [-0.3, -0.25) is 14.6 Å². The first-order valence-corrected chi connectivity index (χ1v) is 12.1. The van der Waals surface area contributed by atoms with Gasteiger partial charge in [0.1, 0.15) is 11.3 Å². The van der Waals surface area contributed by atoms with Crippen LogP contribution in [0, 0.1) is 12.3 Å². The van der Waals surface area contributed by atoms with E-state index in [0.29, 0.717) is 37.2 Å². The molecule has 0 N–H and O–H groups in total. The summed E-state index contributed by atoms with van der Waals surface area (Å²) >= 11 is 0. The summed E-state index contributed by atoms with van der Waals surface area (Å²) in [7, 11) is 1.92. The molecule has 2 aliphatic rings. The van der Waals surface area contributed by atoms with E-state index in [4.69, 9.17) is 4.74 Å². The third kappa shape index (κ3) is 4.63. The number of ether oxygens (including phenoxy) is 1. The summed E-state index contributed by atoms with van der Waals surface area (Å²) in [5.41, 5.74) is 2.16. The molecule has 2 fully saturated rings. The van der Waals surface area contributed by atoms with Crippen molar-refractivity contribution in [3.05, 3.63) is 83.8 Å². The molecule has 0 bridgehead atoms. The standard InChI is InChI=1S/C28H30N4O3/c1-20-10-11-23(19-30-20)35-25-24(9-6-14-29-25)26(33)32-15-12-28(13-16-32)18-22(31(2)27(28)34)17-21-7-4-3-5-8-21/h3-11,14,19,22H,12-13,15-18H2,1-2H3/t22-/m1/s1. The Hall–Kier alpha value is -3.74. The quantitative estimate of drug-likeness (QED) is 0.557. The van der Waals surface area contributed by atoms with Crippen molar-refractivity contribution in [1.29, 1.82) is 0 Å². The molecule has 5 rings (SSSR count). The van der Waals surface area contributed by atoms with Crippen LogP contribution in [0.25, 0.3) is 0 Å². The van der Waals surface area contributed by atoms with Crippen molar-refractivity contribution in [1.82, 2.24) is 19.8 Å². The lowest BCUT2D eigenvalue weighted by Crippen LogP contribution is -2.46. The zero-order chi connectivity index (χ0) is 24.4. The highest BCUT2D eigenvalue weighted by Crippen LogP contribution is 2.45. The molecular formula is C28H30N4O3. The second-order valence-electron chi connectivity index (χ2n) is 9.63. The number of aryl methyl sites for hydroxylation is 1. The monoisotopic (exact) mass is 470 g/mol. The van der Waals surface area contributed by atoms with Gasteiger partial charge in [0.15, 0.2) is 0 Å². The second-order valence-corrected chi connectivity index (χ2v) is 9.63. The molecule has 180 valence electrons. The van der Waals surface area contributed by atoms with Gasteiger partial charge in [-0.05, 0) is 62.4 Å². The summed E-state index contributed by atoms with van der Waals surface area (Å²) in [6, 6.07) is 17.6. The minimum atomic E-state index is -0.382. The SMILES string of the molecule is Cc1ccc(Oc2ncccc2C(=O)N2CCC3(CC2)C[C@@H](Cc2ccccc2)N(C)C3=O)cn1. The predicted molar refractivity (Wildman–Crippen MR) is 132 cm³/mol. The van der Waals surface area contributed by atoms with Crippen molar-refractivity contribution in [2.45, 2.75) is 38.6 Å². The second kappa shape index (κ2) is 9.49. The smallest absolute Gasteiger partial charge is 0.259 e. The van der Waals surface area contributed by atoms with Crippen LogP contribution < -0.4 is 4.74 Å². The van der Waals surface area contributed by atoms with E-state index in [1.54, 1.807) is 24.5 Å². The molecule has 7 heteroatoms. The van der Waals surface area contributed by atoms with Gasteiger partial charge >= 0.3 is 0 Å². The lowest BCUT2D eigenvalue weighted by molar-refractivity contribution is -0.137. The summed E-state index contributed by atoms with van der Waals surface area (Å²) < 4.78 is 5.89. The van der Waals surface area contributed by atoms with Gasteiger partial charge in [-0.25, -0.2) is 4.98 Å². The molecule has 0 saturated carbocycles. The zero-order valence-corrected chi connectivity index (χ0v) is 20.2. The van der Waals surface area contributed by atoms with Gasteiger partial charge in [-0.2, -0.15) is 0 Å². The lowest BCUT2D eigenvalue weighted by Gasteiger charge is -2.37. The first-order chi connectivity index (χ1) is 16.9. The van der Waals surface area contributed by atoms with Crippen LogP contribution in [0.15, 0.2) is 67.0 Å². The van der Waals surface area contributed by atoms with Crippen molar-refractivity contribution >= 4 is 11.8 Å². The van der Waals surface area contributed by atoms with Gasteiger partial charge in [-0.1, -0.05) is 30.3 Å². The van der Waals surface area contributed by atoms with E-state index < -0.39 is 0 Å². The van der Waals surface area contributed by atoms with Gasteiger partial charge in [0, 0.05) is 38.1 Å². The molecule has 4 heterocycles. The Kier molecular flexibility index (Phi) is 6.24. The predicted octanol–water partition coefficient (Wildman–Crippen LogP) is 4.27.